The van der Waals surface area contributed by atoms with Crippen LogP contribution in [0, 0.1) is 5.92 Å². The van der Waals surface area contributed by atoms with Crippen LogP contribution in [0.2, 0.25) is 0 Å². The van der Waals surface area contributed by atoms with Gasteiger partial charge >= 0.3 is 0 Å². The van der Waals surface area contributed by atoms with Gasteiger partial charge in [-0.3, -0.25) is 4.99 Å². The Kier molecular flexibility index (Phi) is 10.5. The summed E-state index contributed by atoms with van der Waals surface area (Å²) in [6.07, 6.45) is 6.39. The zero-order chi connectivity index (χ0) is 19.5. The van der Waals surface area contributed by atoms with Crippen molar-refractivity contribution in [2.45, 2.75) is 78.1 Å². The van der Waals surface area contributed by atoms with Crippen molar-refractivity contribution in [2.75, 3.05) is 46.0 Å². The zero-order valence-electron chi connectivity index (χ0n) is 17.9. The second-order valence-corrected chi connectivity index (χ2v) is 7.92. The van der Waals surface area contributed by atoms with Crippen molar-refractivity contribution in [3.8, 4) is 0 Å². The van der Waals surface area contributed by atoms with E-state index in [1.54, 1.807) is 0 Å². The molecule has 2 heterocycles. The maximum absolute atomic E-state index is 6.09. The van der Waals surface area contributed by atoms with E-state index < -0.39 is 0 Å². The van der Waals surface area contributed by atoms with Crippen molar-refractivity contribution in [1.82, 2.24) is 10.2 Å². The van der Waals surface area contributed by atoms with Crippen molar-refractivity contribution in [3.63, 3.8) is 0 Å². The summed E-state index contributed by atoms with van der Waals surface area (Å²) in [5.74, 6) is 1.56. The molecule has 0 aliphatic carbocycles. The molecular formula is C21H41N3O3. The van der Waals surface area contributed by atoms with Gasteiger partial charge in [-0.1, -0.05) is 13.8 Å². The number of rotatable bonds is 10. The highest BCUT2D eigenvalue weighted by Gasteiger charge is 2.24. The summed E-state index contributed by atoms with van der Waals surface area (Å²) >= 11 is 0. The molecular weight excluding hydrogens is 342 g/mol. The number of hydrogen-bond acceptors (Lipinski definition) is 4. The van der Waals surface area contributed by atoms with Crippen LogP contribution in [0.1, 0.15) is 59.8 Å². The Morgan fingerprint density at radius 3 is 2.59 bits per heavy atom. The molecule has 2 saturated heterocycles. The molecule has 6 heteroatoms. The fourth-order valence-electron chi connectivity index (χ4n) is 3.80. The lowest BCUT2D eigenvalue weighted by Crippen LogP contribution is -2.47. The van der Waals surface area contributed by atoms with Gasteiger partial charge in [0.2, 0.25) is 0 Å². The summed E-state index contributed by atoms with van der Waals surface area (Å²) in [5, 5.41) is 3.45. The van der Waals surface area contributed by atoms with Crippen LogP contribution in [-0.4, -0.2) is 75.2 Å². The number of piperidine rings is 1. The number of likely N-dealkylation sites (tertiary alicyclic amines) is 1. The maximum atomic E-state index is 6.09. The largest absolute Gasteiger partial charge is 0.378 e. The van der Waals surface area contributed by atoms with Gasteiger partial charge in [0.15, 0.2) is 5.96 Å². The first-order valence-electron chi connectivity index (χ1n) is 11.0. The SMILES string of the molecule is CCNC(=NCCC(OCC)C(C)C)N1CCC(OCC2CCCO2)CC1. The molecule has 2 unspecified atom stereocenters. The fourth-order valence-corrected chi connectivity index (χ4v) is 3.80. The van der Waals surface area contributed by atoms with Crippen LogP contribution in [0.25, 0.3) is 0 Å². The van der Waals surface area contributed by atoms with Crippen molar-refractivity contribution in [1.29, 1.82) is 0 Å². The second kappa shape index (κ2) is 12.6. The minimum absolute atomic E-state index is 0.290. The molecule has 2 rings (SSSR count). The Morgan fingerprint density at radius 2 is 2.00 bits per heavy atom. The van der Waals surface area contributed by atoms with Crippen LogP contribution in [-0.2, 0) is 14.2 Å². The molecule has 0 amide bonds. The molecule has 2 atom stereocenters. The highest BCUT2D eigenvalue weighted by molar-refractivity contribution is 5.80. The van der Waals surface area contributed by atoms with E-state index in [1.807, 2.05) is 0 Å². The summed E-state index contributed by atoms with van der Waals surface area (Å²) in [7, 11) is 0. The summed E-state index contributed by atoms with van der Waals surface area (Å²) in [6.45, 7) is 14.8. The van der Waals surface area contributed by atoms with Gasteiger partial charge < -0.3 is 24.4 Å². The average molecular weight is 384 g/mol. The molecule has 2 aliphatic rings. The van der Waals surface area contributed by atoms with E-state index in [1.165, 1.54) is 6.42 Å². The third-order valence-corrected chi connectivity index (χ3v) is 5.42. The van der Waals surface area contributed by atoms with Crippen LogP contribution in [0.15, 0.2) is 4.99 Å². The Bertz CT molecular complexity index is 417. The molecule has 1 N–H and O–H groups in total. The number of aliphatic imine (C=N–C) groups is 1. The van der Waals surface area contributed by atoms with Crippen molar-refractivity contribution in [3.05, 3.63) is 0 Å². The second-order valence-electron chi connectivity index (χ2n) is 7.92. The van der Waals surface area contributed by atoms with E-state index in [0.717, 1.165) is 77.6 Å². The van der Waals surface area contributed by atoms with E-state index in [9.17, 15) is 0 Å². The predicted molar refractivity (Wildman–Crippen MR) is 110 cm³/mol. The number of nitrogens with one attached hydrogen (secondary N) is 1. The van der Waals surface area contributed by atoms with E-state index in [0.29, 0.717) is 24.2 Å². The molecule has 2 aliphatic heterocycles. The number of ether oxygens (including phenoxy) is 3. The third kappa shape index (κ3) is 7.96. The Morgan fingerprint density at radius 1 is 1.22 bits per heavy atom. The molecule has 6 nitrogen and oxygen atoms in total. The lowest BCUT2D eigenvalue weighted by molar-refractivity contribution is -0.0367. The van der Waals surface area contributed by atoms with Crippen molar-refractivity contribution >= 4 is 5.96 Å². The predicted octanol–water partition coefficient (Wildman–Crippen LogP) is 3.06. The lowest BCUT2D eigenvalue weighted by Gasteiger charge is -2.34. The molecule has 0 aromatic rings. The summed E-state index contributed by atoms with van der Waals surface area (Å²) in [5.41, 5.74) is 0. The normalized spacial score (nSPS) is 23.2. The van der Waals surface area contributed by atoms with Crippen molar-refractivity contribution in [2.24, 2.45) is 10.9 Å². The number of hydrogen-bond donors (Lipinski definition) is 1. The van der Waals surface area contributed by atoms with Crippen LogP contribution < -0.4 is 5.32 Å². The van der Waals surface area contributed by atoms with Gasteiger partial charge in [0.1, 0.15) is 0 Å². The van der Waals surface area contributed by atoms with Gasteiger partial charge in [-0.2, -0.15) is 0 Å². The van der Waals surface area contributed by atoms with Gasteiger partial charge in [0.05, 0.1) is 24.9 Å². The topological polar surface area (TPSA) is 55.3 Å². The van der Waals surface area contributed by atoms with Gasteiger partial charge in [-0.05, 0) is 51.9 Å². The molecule has 0 radical (unpaired) electrons. The minimum Gasteiger partial charge on any atom is -0.378 e. The quantitative estimate of drug-likeness (QED) is 0.464. The van der Waals surface area contributed by atoms with E-state index >= 15 is 0 Å². The molecule has 0 saturated carbocycles. The first-order valence-corrected chi connectivity index (χ1v) is 11.0. The van der Waals surface area contributed by atoms with Crippen LogP contribution in [0.4, 0.5) is 0 Å². The van der Waals surface area contributed by atoms with E-state index in [-0.39, 0.29) is 0 Å². The molecule has 0 aromatic heterocycles. The van der Waals surface area contributed by atoms with Crippen LogP contribution in [0.5, 0.6) is 0 Å². The van der Waals surface area contributed by atoms with E-state index in [4.69, 9.17) is 19.2 Å². The van der Waals surface area contributed by atoms with Gasteiger partial charge in [0.25, 0.3) is 0 Å². The monoisotopic (exact) mass is 383 g/mol. The standard InChI is InChI=1S/C21H41N3O3/c1-5-22-21(23-12-9-20(17(3)4)25-6-2)24-13-10-18(11-14-24)27-16-19-8-7-15-26-19/h17-20H,5-16H2,1-4H3,(H,22,23). The molecule has 0 spiro atoms. The van der Waals surface area contributed by atoms with Crippen molar-refractivity contribution < 1.29 is 14.2 Å². The van der Waals surface area contributed by atoms with Gasteiger partial charge in [0, 0.05) is 39.4 Å². The summed E-state index contributed by atoms with van der Waals surface area (Å²) in [4.78, 5) is 7.24. The third-order valence-electron chi connectivity index (χ3n) is 5.42. The lowest BCUT2D eigenvalue weighted by atomic mass is 10.0. The number of nitrogens with zero attached hydrogens (tertiary/aromatic N) is 2. The first kappa shape index (κ1) is 22.4. The maximum Gasteiger partial charge on any atom is 0.193 e. The average Bonchev–Trinajstić information content (AvgIpc) is 3.19. The zero-order valence-corrected chi connectivity index (χ0v) is 17.9. The molecule has 0 bridgehead atoms. The Hall–Kier alpha value is -0.850. The fraction of sp³-hybridized carbons (Fsp3) is 0.952. The first-order chi connectivity index (χ1) is 13.1. The molecule has 2 fully saturated rings. The van der Waals surface area contributed by atoms with Gasteiger partial charge in [-0.25, -0.2) is 0 Å². The highest BCUT2D eigenvalue weighted by Crippen LogP contribution is 2.18. The Balaban J connectivity index is 1.75. The van der Waals surface area contributed by atoms with Gasteiger partial charge in [-0.15, -0.1) is 0 Å². The highest BCUT2D eigenvalue weighted by atomic mass is 16.5. The minimum atomic E-state index is 0.290. The molecule has 0 aromatic carbocycles. The van der Waals surface area contributed by atoms with E-state index in [2.05, 4.69) is 37.9 Å². The van der Waals surface area contributed by atoms with Crippen LogP contribution in [0.3, 0.4) is 0 Å². The Labute approximate surface area is 166 Å². The summed E-state index contributed by atoms with van der Waals surface area (Å²) in [6, 6.07) is 0. The summed E-state index contributed by atoms with van der Waals surface area (Å²) < 4.78 is 17.6. The smallest absolute Gasteiger partial charge is 0.193 e. The molecule has 158 valence electrons. The van der Waals surface area contributed by atoms with Crippen LogP contribution >= 0.6 is 0 Å². The number of guanidine groups is 1. The molecule has 27 heavy (non-hydrogen) atoms.